The van der Waals surface area contributed by atoms with Crippen molar-refractivity contribution in [1.82, 2.24) is 0 Å². The Labute approximate surface area is 104 Å². The number of hydrogen-bond acceptors (Lipinski definition) is 5. The van der Waals surface area contributed by atoms with E-state index < -0.39 is 38.5 Å². The smallest absolute Gasteiger partial charge is 0.478 e. The Kier molecular flexibility index (Phi) is 3.84. The van der Waals surface area contributed by atoms with Crippen LogP contribution in [0.25, 0.3) is 0 Å². The van der Waals surface area contributed by atoms with Gasteiger partial charge in [0.2, 0.25) is 0 Å². The van der Waals surface area contributed by atoms with E-state index in [-0.39, 0.29) is 6.29 Å². The summed E-state index contributed by atoms with van der Waals surface area (Å²) in [6.07, 6.45) is -0.0202. The molecule has 0 aliphatic carbocycles. The van der Waals surface area contributed by atoms with Gasteiger partial charge in [0.15, 0.2) is 12.0 Å². The lowest BCUT2D eigenvalue weighted by Gasteiger charge is -2.11. The van der Waals surface area contributed by atoms with Gasteiger partial charge >= 0.3 is 21.6 Å². The van der Waals surface area contributed by atoms with E-state index in [1.807, 2.05) is 0 Å². The van der Waals surface area contributed by atoms with E-state index in [1.54, 1.807) is 0 Å². The lowest BCUT2D eigenvalue weighted by atomic mass is 10.1. The standard InChI is InChI=1S/C9H5F3O6S/c10-9(11,12)19(16,17)18-7-2-1-5(8(14)15)3-6(7)4-13/h1-4H,(H,14,15). The number of carboxylic acids is 1. The molecule has 0 aliphatic heterocycles. The molecule has 1 aromatic rings. The summed E-state index contributed by atoms with van der Waals surface area (Å²) in [6.45, 7) is 0. The average molecular weight is 298 g/mol. The van der Waals surface area contributed by atoms with E-state index in [9.17, 15) is 31.2 Å². The van der Waals surface area contributed by atoms with Crippen molar-refractivity contribution in [2.24, 2.45) is 0 Å². The van der Waals surface area contributed by atoms with Crippen molar-refractivity contribution >= 4 is 22.4 Å². The topological polar surface area (TPSA) is 97.7 Å². The van der Waals surface area contributed by atoms with Gasteiger partial charge in [0.1, 0.15) is 0 Å². The summed E-state index contributed by atoms with van der Waals surface area (Å²) < 4.78 is 61.4. The second kappa shape index (κ2) is 4.88. The minimum atomic E-state index is -5.92. The first-order valence-electron chi connectivity index (χ1n) is 4.42. The number of halogens is 3. The predicted octanol–water partition coefficient (Wildman–Crippen LogP) is 1.43. The van der Waals surface area contributed by atoms with E-state index in [2.05, 4.69) is 4.18 Å². The zero-order chi connectivity index (χ0) is 14.8. The van der Waals surface area contributed by atoms with Gasteiger partial charge in [0.05, 0.1) is 11.1 Å². The molecular formula is C9H5F3O6S. The van der Waals surface area contributed by atoms with Gasteiger partial charge in [-0.2, -0.15) is 21.6 Å². The van der Waals surface area contributed by atoms with E-state index in [4.69, 9.17) is 5.11 Å². The number of aldehydes is 1. The highest BCUT2D eigenvalue weighted by Gasteiger charge is 2.48. The first-order chi connectivity index (χ1) is 8.58. The molecule has 0 unspecified atom stereocenters. The minimum absolute atomic E-state index is 0.0202. The Morgan fingerprint density at radius 1 is 1.32 bits per heavy atom. The van der Waals surface area contributed by atoms with E-state index in [0.717, 1.165) is 6.07 Å². The quantitative estimate of drug-likeness (QED) is 0.513. The van der Waals surface area contributed by atoms with Crippen LogP contribution in [0.15, 0.2) is 18.2 Å². The molecule has 0 amide bonds. The lowest BCUT2D eigenvalue weighted by Crippen LogP contribution is -2.28. The Bertz CT molecular complexity index is 619. The van der Waals surface area contributed by atoms with Crippen LogP contribution in [0.1, 0.15) is 20.7 Å². The molecule has 0 heterocycles. The molecule has 6 nitrogen and oxygen atoms in total. The molecule has 19 heavy (non-hydrogen) atoms. The second-order valence-electron chi connectivity index (χ2n) is 3.16. The van der Waals surface area contributed by atoms with Crippen molar-refractivity contribution < 1.29 is 40.5 Å². The molecule has 0 radical (unpaired) electrons. The minimum Gasteiger partial charge on any atom is -0.478 e. The van der Waals surface area contributed by atoms with Crippen LogP contribution in [0, 0.1) is 0 Å². The fourth-order valence-electron chi connectivity index (χ4n) is 1.01. The van der Waals surface area contributed by atoms with Crippen LogP contribution in [0.2, 0.25) is 0 Å². The van der Waals surface area contributed by atoms with Gasteiger partial charge in [-0.3, -0.25) is 4.79 Å². The Balaban J connectivity index is 3.24. The summed E-state index contributed by atoms with van der Waals surface area (Å²) >= 11 is 0. The number of carbonyl (C=O) groups excluding carboxylic acids is 1. The zero-order valence-electron chi connectivity index (χ0n) is 8.84. The number of carboxylic acid groups (broad SMARTS) is 1. The van der Waals surface area contributed by atoms with Crippen molar-refractivity contribution in [3.8, 4) is 5.75 Å². The maximum absolute atomic E-state index is 12.1. The summed E-state index contributed by atoms with van der Waals surface area (Å²) in [4.78, 5) is 21.2. The fraction of sp³-hybridized carbons (Fsp3) is 0.111. The molecule has 0 bridgehead atoms. The van der Waals surface area contributed by atoms with Crippen molar-refractivity contribution in [1.29, 1.82) is 0 Å². The van der Waals surface area contributed by atoms with Crippen LogP contribution < -0.4 is 4.18 Å². The summed E-state index contributed by atoms with van der Waals surface area (Å²) in [5.74, 6) is -2.34. The largest absolute Gasteiger partial charge is 0.534 e. The van der Waals surface area contributed by atoms with Crippen molar-refractivity contribution in [3.63, 3.8) is 0 Å². The van der Waals surface area contributed by atoms with E-state index >= 15 is 0 Å². The summed E-state index contributed by atoms with van der Waals surface area (Å²) in [5, 5.41) is 8.60. The second-order valence-corrected chi connectivity index (χ2v) is 4.70. The van der Waals surface area contributed by atoms with Crippen LogP contribution in [-0.2, 0) is 10.1 Å². The number of rotatable bonds is 4. The highest BCUT2D eigenvalue weighted by molar-refractivity contribution is 7.88. The van der Waals surface area contributed by atoms with Gasteiger partial charge in [-0.05, 0) is 18.2 Å². The molecule has 0 spiro atoms. The lowest BCUT2D eigenvalue weighted by molar-refractivity contribution is -0.0500. The zero-order valence-corrected chi connectivity index (χ0v) is 9.66. The molecular weight excluding hydrogens is 293 g/mol. The highest BCUT2D eigenvalue weighted by atomic mass is 32.2. The molecule has 1 rings (SSSR count). The van der Waals surface area contributed by atoms with Crippen LogP contribution >= 0.6 is 0 Å². The van der Waals surface area contributed by atoms with Gasteiger partial charge < -0.3 is 9.29 Å². The number of benzene rings is 1. The maximum Gasteiger partial charge on any atom is 0.534 e. The Morgan fingerprint density at radius 2 is 1.89 bits per heavy atom. The van der Waals surface area contributed by atoms with Crippen LogP contribution in [0.5, 0.6) is 5.75 Å². The molecule has 1 N–H and O–H groups in total. The van der Waals surface area contributed by atoms with E-state index in [0.29, 0.717) is 12.1 Å². The van der Waals surface area contributed by atoms with Gasteiger partial charge in [-0.25, -0.2) is 4.79 Å². The number of alkyl halides is 3. The first-order valence-corrected chi connectivity index (χ1v) is 5.82. The third kappa shape index (κ3) is 3.22. The van der Waals surface area contributed by atoms with Crippen LogP contribution in [0.3, 0.4) is 0 Å². The normalized spacial score (nSPS) is 11.9. The monoisotopic (exact) mass is 298 g/mol. The van der Waals surface area contributed by atoms with Gasteiger partial charge in [-0.15, -0.1) is 0 Å². The van der Waals surface area contributed by atoms with Gasteiger partial charge in [-0.1, -0.05) is 0 Å². The molecule has 0 saturated carbocycles. The van der Waals surface area contributed by atoms with Crippen LogP contribution in [-0.4, -0.2) is 31.3 Å². The predicted molar refractivity (Wildman–Crippen MR) is 54.4 cm³/mol. The molecule has 0 aliphatic rings. The third-order valence-corrected chi connectivity index (χ3v) is 2.83. The van der Waals surface area contributed by atoms with Crippen LogP contribution in [0.4, 0.5) is 13.2 Å². The van der Waals surface area contributed by atoms with Crippen molar-refractivity contribution in [2.45, 2.75) is 5.51 Å². The first kappa shape index (κ1) is 15.0. The maximum atomic E-state index is 12.1. The molecule has 10 heteroatoms. The molecule has 1 aromatic carbocycles. The molecule has 0 saturated heterocycles. The van der Waals surface area contributed by atoms with Gasteiger partial charge in [0, 0.05) is 0 Å². The number of aromatic carboxylic acids is 1. The number of carbonyl (C=O) groups is 2. The number of hydrogen-bond donors (Lipinski definition) is 1. The fourth-order valence-corrected chi connectivity index (χ4v) is 1.50. The molecule has 0 aromatic heterocycles. The molecule has 104 valence electrons. The van der Waals surface area contributed by atoms with Crippen molar-refractivity contribution in [3.05, 3.63) is 29.3 Å². The summed E-state index contributed by atoms with van der Waals surface area (Å²) in [5.41, 5.74) is -6.69. The summed E-state index contributed by atoms with van der Waals surface area (Å²) in [7, 11) is -5.92. The van der Waals surface area contributed by atoms with Gasteiger partial charge in [0.25, 0.3) is 0 Å². The molecule has 0 fully saturated rings. The Morgan fingerprint density at radius 3 is 2.32 bits per heavy atom. The Hall–Kier alpha value is -2.10. The third-order valence-electron chi connectivity index (χ3n) is 1.87. The summed E-state index contributed by atoms with van der Waals surface area (Å²) in [6, 6.07) is 2.14. The SMILES string of the molecule is O=Cc1cc(C(=O)O)ccc1OS(=O)(=O)C(F)(F)F. The van der Waals surface area contributed by atoms with Crippen molar-refractivity contribution in [2.75, 3.05) is 0 Å². The molecule has 0 atom stereocenters. The van der Waals surface area contributed by atoms with E-state index in [1.165, 1.54) is 0 Å². The average Bonchev–Trinajstić information content (AvgIpc) is 2.27. The highest BCUT2D eigenvalue weighted by Crippen LogP contribution is 2.28.